The molecule has 5 rings (SSSR count). The molecule has 2 N–H and O–H groups in total. The lowest BCUT2D eigenvalue weighted by molar-refractivity contribution is -0.0507. The molecule has 3 aromatic rings. The van der Waals surface area contributed by atoms with E-state index in [1.807, 2.05) is 40.7 Å². The molecule has 5 heterocycles. The minimum Gasteiger partial charge on any atom is -0.383 e. The van der Waals surface area contributed by atoms with Crippen molar-refractivity contribution in [2.45, 2.75) is 43.4 Å². The summed E-state index contributed by atoms with van der Waals surface area (Å²) in [5.74, 6) is 0.0663. The van der Waals surface area contributed by atoms with Crippen LogP contribution in [0.1, 0.15) is 41.7 Å². The number of nitrogens with zero attached hydrogens (tertiary/aromatic N) is 3. The monoisotopic (exact) mass is 380 g/mol. The predicted molar refractivity (Wildman–Crippen MR) is 102 cm³/mol. The molecule has 3 atom stereocenters. The molecule has 1 unspecified atom stereocenters. The van der Waals surface area contributed by atoms with Crippen LogP contribution in [-0.2, 0) is 5.60 Å². The van der Waals surface area contributed by atoms with Gasteiger partial charge < -0.3 is 10.0 Å². The van der Waals surface area contributed by atoms with Gasteiger partial charge in [0, 0.05) is 53.1 Å². The molecule has 2 aliphatic rings. The predicted octanol–water partition coefficient (Wildman–Crippen LogP) is 3.19. The van der Waals surface area contributed by atoms with Crippen molar-refractivity contribution in [2.75, 3.05) is 0 Å². The Labute approximate surface area is 160 Å². The molecule has 7 heteroatoms. The average Bonchev–Trinajstić information content (AvgIpc) is 3.41. The molecule has 27 heavy (non-hydrogen) atoms. The number of rotatable bonds is 3. The van der Waals surface area contributed by atoms with E-state index in [0.717, 1.165) is 28.8 Å². The van der Waals surface area contributed by atoms with Gasteiger partial charge in [-0.05, 0) is 31.0 Å². The van der Waals surface area contributed by atoms with Crippen molar-refractivity contribution >= 4 is 17.2 Å². The van der Waals surface area contributed by atoms with Crippen LogP contribution in [0.5, 0.6) is 0 Å². The van der Waals surface area contributed by atoms with Gasteiger partial charge in [-0.25, -0.2) is 0 Å². The molecule has 1 amide bonds. The fourth-order valence-electron chi connectivity index (χ4n) is 4.54. The van der Waals surface area contributed by atoms with E-state index < -0.39 is 5.60 Å². The molecule has 2 aliphatic heterocycles. The molecule has 3 aromatic heterocycles. The number of aromatic amines is 1. The number of amides is 1. The number of pyridine rings is 1. The fraction of sp³-hybridized carbons (Fsp3) is 0.350. The number of hydrogen-bond acceptors (Lipinski definition) is 5. The highest BCUT2D eigenvalue weighted by molar-refractivity contribution is 7.13. The third kappa shape index (κ3) is 2.78. The van der Waals surface area contributed by atoms with E-state index in [1.165, 1.54) is 0 Å². The van der Waals surface area contributed by atoms with Crippen LogP contribution in [-0.4, -0.2) is 43.2 Å². The number of fused-ring (bicyclic) bond motifs is 2. The number of carbonyl (C=O) groups is 1. The number of nitrogens with one attached hydrogen (secondary N) is 1. The van der Waals surface area contributed by atoms with Gasteiger partial charge in [0.25, 0.3) is 5.91 Å². The van der Waals surface area contributed by atoms with Gasteiger partial charge >= 0.3 is 0 Å². The van der Waals surface area contributed by atoms with Crippen molar-refractivity contribution in [2.24, 2.45) is 0 Å². The number of piperidine rings is 1. The quantitative estimate of drug-likeness (QED) is 0.731. The molecule has 2 fully saturated rings. The highest BCUT2D eigenvalue weighted by Gasteiger charge is 2.50. The molecule has 2 bridgehead atoms. The van der Waals surface area contributed by atoms with Crippen molar-refractivity contribution in [1.29, 1.82) is 0 Å². The van der Waals surface area contributed by atoms with Gasteiger partial charge in [0.05, 0.1) is 17.5 Å². The SMILES string of the molecule is O=C(c1csc(-c2cn[nH]c2)c1)N1[C@@H]2CC[C@H]1CC(O)(c1ccccn1)C2. The first-order valence-electron chi connectivity index (χ1n) is 9.18. The standard InChI is InChI=1S/C20H20N4O2S/c25-19(13-7-17(27-12-13)14-10-22-23-11-14)24-15-4-5-16(24)9-20(26,8-15)18-3-1-2-6-21-18/h1-3,6-7,10-12,15-16,26H,4-5,8-9H2,(H,22,23)/t15-,16+,20?. The van der Waals surface area contributed by atoms with Crippen molar-refractivity contribution in [1.82, 2.24) is 20.1 Å². The first-order valence-corrected chi connectivity index (χ1v) is 10.1. The summed E-state index contributed by atoms with van der Waals surface area (Å²) in [5.41, 5.74) is 1.48. The zero-order valence-electron chi connectivity index (χ0n) is 14.7. The lowest BCUT2D eigenvalue weighted by Gasteiger charge is -2.43. The van der Waals surface area contributed by atoms with E-state index in [2.05, 4.69) is 15.2 Å². The van der Waals surface area contributed by atoms with E-state index in [-0.39, 0.29) is 18.0 Å². The maximum Gasteiger partial charge on any atom is 0.255 e. The maximum absolute atomic E-state index is 13.2. The summed E-state index contributed by atoms with van der Waals surface area (Å²) < 4.78 is 0. The summed E-state index contributed by atoms with van der Waals surface area (Å²) in [5, 5.41) is 19.9. The fourth-order valence-corrected chi connectivity index (χ4v) is 5.40. The number of aromatic nitrogens is 3. The molecule has 2 saturated heterocycles. The Morgan fingerprint density at radius 2 is 2.11 bits per heavy atom. The van der Waals surface area contributed by atoms with Crippen LogP contribution < -0.4 is 0 Å². The minimum atomic E-state index is -0.944. The van der Waals surface area contributed by atoms with Gasteiger partial charge in [0.2, 0.25) is 0 Å². The first kappa shape index (κ1) is 16.6. The number of H-pyrrole nitrogens is 1. The van der Waals surface area contributed by atoms with Crippen LogP contribution in [0.3, 0.4) is 0 Å². The molecule has 0 radical (unpaired) electrons. The van der Waals surface area contributed by atoms with E-state index >= 15 is 0 Å². The molecule has 6 nitrogen and oxygen atoms in total. The second-order valence-corrected chi connectivity index (χ2v) is 8.35. The number of hydrogen-bond donors (Lipinski definition) is 2. The summed E-state index contributed by atoms with van der Waals surface area (Å²) in [6.45, 7) is 0. The van der Waals surface area contributed by atoms with Gasteiger partial charge in [-0.3, -0.25) is 14.9 Å². The van der Waals surface area contributed by atoms with Gasteiger partial charge in [-0.1, -0.05) is 6.07 Å². The van der Waals surface area contributed by atoms with Gasteiger partial charge in [0.15, 0.2) is 0 Å². The van der Waals surface area contributed by atoms with Gasteiger partial charge in [-0.2, -0.15) is 5.10 Å². The van der Waals surface area contributed by atoms with E-state index in [9.17, 15) is 9.90 Å². The maximum atomic E-state index is 13.2. The Morgan fingerprint density at radius 3 is 2.78 bits per heavy atom. The summed E-state index contributed by atoms with van der Waals surface area (Å²) in [4.78, 5) is 20.6. The summed E-state index contributed by atoms with van der Waals surface area (Å²) in [6.07, 6.45) is 8.27. The van der Waals surface area contributed by atoms with Gasteiger partial charge in [0.1, 0.15) is 5.60 Å². The molecule has 138 valence electrons. The Kier molecular flexibility index (Phi) is 3.87. The van der Waals surface area contributed by atoms with Gasteiger partial charge in [-0.15, -0.1) is 11.3 Å². The van der Waals surface area contributed by atoms with Crippen molar-refractivity contribution < 1.29 is 9.90 Å². The zero-order valence-corrected chi connectivity index (χ0v) is 15.5. The van der Waals surface area contributed by atoms with Crippen LogP contribution in [0, 0.1) is 0 Å². The van der Waals surface area contributed by atoms with Crippen LogP contribution in [0.25, 0.3) is 10.4 Å². The third-order valence-electron chi connectivity index (χ3n) is 5.77. The lowest BCUT2D eigenvalue weighted by atomic mass is 9.83. The summed E-state index contributed by atoms with van der Waals surface area (Å²) in [7, 11) is 0. The van der Waals surface area contributed by atoms with E-state index in [1.54, 1.807) is 23.7 Å². The molecule has 0 spiro atoms. The normalized spacial score (nSPS) is 27.1. The first-order chi connectivity index (χ1) is 13.1. The van der Waals surface area contributed by atoms with Crippen LogP contribution in [0.4, 0.5) is 0 Å². The Bertz CT molecular complexity index is 940. The minimum absolute atomic E-state index is 0.0560. The van der Waals surface area contributed by atoms with Crippen LogP contribution in [0.2, 0.25) is 0 Å². The largest absolute Gasteiger partial charge is 0.383 e. The second-order valence-electron chi connectivity index (χ2n) is 7.44. The summed E-state index contributed by atoms with van der Waals surface area (Å²) >= 11 is 1.55. The van der Waals surface area contributed by atoms with E-state index in [4.69, 9.17) is 0 Å². The Morgan fingerprint density at radius 1 is 1.30 bits per heavy atom. The van der Waals surface area contributed by atoms with Crippen molar-refractivity contribution in [3.63, 3.8) is 0 Å². The number of aliphatic hydroxyl groups is 1. The highest BCUT2D eigenvalue weighted by atomic mass is 32.1. The second kappa shape index (κ2) is 6.28. The molecule has 0 saturated carbocycles. The van der Waals surface area contributed by atoms with E-state index in [0.29, 0.717) is 18.5 Å². The lowest BCUT2D eigenvalue weighted by Crippen LogP contribution is -2.52. The topological polar surface area (TPSA) is 82.1 Å². The Hall–Kier alpha value is -2.51. The molecular formula is C20H20N4O2S. The third-order valence-corrected chi connectivity index (χ3v) is 6.75. The molecular weight excluding hydrogens is 360 g/mol. The van der Waals surface area contributed by atoms with Crippen LogP contribution >= 0.6 is 11.3 Å². The highest BCUT2D eigenvalue weighted by Crippen LogP contribution is 2.46. The van der Waals surface area contributed by atoms with Crippen LogP contribution in [0.15, 0.2) is 48.2 Å². The smallest absolute Gasteiger partial charge is 0.255 e. The molecule has 0 aliphatic carbocycles. The zero-order chi connectivity index (χ0) is 18.4. The number of carbonyl (C=O) groups excluding carboxylic acids is 1. The van der Waals surface area contributed by atoms with Crippen molar-refractivity contribution in [3.8, 4) is 10.4 Å². The average molecular weight is 380 g/mol. The molecule has 0 aromatic carbocycles. The summed E-state index contributed by atoms with van der Waals surface area (Å²) in [6, 6.07) is 7.70. The Balaban J connectivity index is 1.39. The van der Waals surface area contributed by atoms with Crippen molar-refractivity contribution in [3.05, 3.63) is 59.5 Å². The number of thiophene rings is 1.